The van der Waals surface area contributed by atoms with Crippen LogP contribution in [0.2, 0.25) is 0 Å². The topological polar surface area (TPSA) is 25.0 Å². The smallest absolute Gasteiger partial charge is 0.417 e. The predicted octanol–water partition coefficient (Wildman–Crippen LogP) is 6.74. The number of hydrogen-bond donors (Lipinski definition) is 1. The molecular weight excluding hydrogens is 363 g/mol. The van der Waals surface area contributed by atoms with Crippen LogP contribution >= 0.6 is 0 Å². The highest BCUT2D eigenvalue weighted by molar-refractivity contribution is 5.92. The molecule has 0 amide bonds. The number of alkyl halides is 3. The molecule has 0 saturated carbocycles. The molecule has 28 heavy (non-hydrogen) atoms. The molecule has 0 aliphatic heterocycles. The molecule has 0 saturated heterocycles. The van der Waals surface area contributed by atoms with Crippen molar-refractivity contribution in [1.82, 2.24) is 4.98 Å². The summed E-state index contributed by atoms with van der Waals surface area (Å²) < 4.78 is 46.1. The van der Waals surface area contributed by atoms with Gasteiger partial charge in [-0.3, -0.25) is 0 Å². The van der Waals surface area contributed by atoms with E-state index in [1.165, 1.54) is 12.1 Å². The van der Waals surface area contributed by atoms with Crippen LogP contribution in [0.1, 0.15) is 16.7 Å². The third-order valence-electron chi connectivity index (χ3n) is 4.78. The van der Waals surface area contributed by atoms with Gasteiger partial charge in [0.25, 0.3) is 0 Å². The molecule has 3 aromatic carbocycles. The molecule has 0 spiro atoms. The van der Waals surface area contributed by atoms with E-state index >= 15 is 0 Å². The Morgan fingerprint density at radius 1 is 0.893 bits per heavy atom. The van der Waals surface area contributed by atoms with Crippen LogP contribution in [0.4, 0.5) is 13.2 Å². The van der Waals surface area contributed by atoms with Gasteiger partial charge in [0.2, 0.25) is 0 Å². The van der Waals surface area contributed by atoms with E-state index in [-0.39, 0.29) is 5.56 Å². The van der Waals surface area contributed by atoms with Gasteiger partial charge in [-0.25, -0.2) is 0 Å². The van der Waals surface area contributed by atoms with Gasteiger partial charge in [-0.15, -0.1) is 0 Å². The lowest BCUT2D eigenvalue weighted by molar-refractivity contribution is -0.137. The quantitative estimate of drug-likeness (QED) is 0.416. The summed E-state index contributed by atoms with van der Waals surface area (Å²) in [6.07, 6.45) is -4.41. The van der Waals surface area contributed by atoms with E-state index in [1.54, 1.807) is 6.07 Å². The Bertz CT molecular complexity index is 1110. The van der Waals surface area contributed by atoms with Gasteiger partial charge in [-0.05, 0) is 42.3 Å². The normalized spacial score (nSPS) is 11.7. The van der Waals surface area contributed by atoms with Crippen molar-refractivity contribution in [3.8, 4) is 17.0 Å². The summed E-state index contributed by atoms with van der Waals surface area (Å²) in [5.41, 5.74) is 2.56. The highest BCUT2D eigenvalue weighted by Gasteiger charge is 2.34. The fourth-order valence-electron chi connectivity index (χ4n) is 3.35. The van der Waals surface area contributed by atoms with Crippen LogP contribution < -0.4 is 4.74 Å². The molecule has 4 rings (SSSR count). The molecule has 5 heteroatoms. The Morgan fingerprint density at radius 3 is 2.36 bits per heavy atom. The second-order valence-corrected chi connectivity index (χ2v) is 6.65. The van der Waals surface area contributed by atoms with Crippen molar-refractivity contribution in [3.63, 3.8) is 0 Å². The average molecular weight is 381 g/mol. The lowest BCUT2D eigenvalue weighted by atomic mass is 10.0. The van der Waals surface area contributed by atoms with Crippen molar-refractivity contribution in [2.75, 3.05) is 0 Å². The van der Waals surface area contributed by atoms with Gasteiger partial charge < -0.3 is 9.72 Å². The lowest BCUT2D eigenvalue weighted by Gasteiger charge is -2.12. The highest BCUT2D eigenvalue weighted by atomic mass is 19.4. The molecule has 0 fully saturated rings. The van der Waals surface area contributed by atoms with Crippen LogP contribution in [-0.4, -0.2) is 4.98 Å². The van der Waals surface area contributed by atoms with E-state index in [1.807, 2.05) is 55.5 Å². The highest BCUT2D eigenvalue weighted by Crippen LogP contribution is 2.39. The molecular formula is C23H18F3NO. The van der Waals surface area contributed by atoms with E-state index in [0.29, 0.717) is 18.1 Å². The van der Waals surface area contributed by atoms with Crippen LogP contribution in [0.25, 0.3) is 22.2 Å². The fraction of sp³-hybridized carbons (Fsp3) is 0.130. The van der Waals surface area contributed by atoms with Gasteiger partial charge in [0.15, 0.2) is 0 Å². The number of halogens is 3. The Balaban J connectivity index is 1.70. The third kappa shape index (κ3) is 3.48. The summed E-state index contributed by atoms with van der Waals surface area (Å²) >= 11 is 0. The number of benzene rings is 3. The molecule has 1 aromatic heterocycles. The van der Waals surface area contributed by atoms with E-state index < -0.39 is 11.7 Å². The van der Waals surface area contributed by atoms with Crippen molar-refractivity contribution < 1.29 is 17.9 Å². The summed E-state index contributed by atoms with van der Waals surface area (Å²) in [4.78, 5) is 3.14. The molecule has 0 bridgehead atoms. The zero-order valence-corrected chi connectivity index (χ0v) is 15.2. The zero-order chi connectivity index (χ0) is 19.7. The van der Waals surface area contributed by atoms with Gasteiger partial charge in [0, 0.05) is 16.5 Å². The maximum Gasteiger partial charge on any atom is 0.417 e. The average Bonchev–Trinajstić information content (AvgIpc) is 3.03. The summed E-state index contributed by atoms with van der Waals surface area (Å²) in [5, 5.41) is 0.845. The van der Waals surface area contributed by atoms with Crippen LogP contribution in [0.3, 0.4) is 0 Å². The Hall–Kier alpha value is -3.21. The SMILES string of the molecule is Cc1c(-c2ccccc2C(F)(F)F)[nH]c2ccc(OCc3ccccc3)cc12. The minimum absolute atomic E-state index is 0.149. The maximum atomic E-state index is 13.4. The first-order valence-corrected chi connectivity index (χ1v) is 8.89. The molecule has 0 unspecified atom stereocenters. The first-order valence-electron chi connectivity index (χ1n) is 8.89. The first kappa shape index (κ1) is 18.2. The van der Waals surface area contributed by atoms with Gasteiger partial charge in [0.1, 0.15) is 12.4 Å². The van der Waals surface area contributed by atoms with Crippen LogP contribution in [-0.2, 0) is 12.8 Å². The van der Waals surface area contributed by atoms with E-state index in [9.17, 15) is 13.2 Å². The van der Waals surface area contributed by atoms with Crippen molar-refractivity contribution >= 4 is 10.9 Å². The van der Waals surface area contributed by atoms with Crippen LogP contribution in [0.5, 0.6) is 5.75 Å². The first-order chi connectivity index (χ1) is 13.4. The van der Waals surface area contributed by atoms with Crippen molar-refractivity contribution in [2.45, 2.75) is 19.7 Å². The largest absolute Gasteiger partial charge is 0.489 e. The standard InChI is InChI=1S/C23H18F3NO/c1-15-19-13-17(28-14-16-7-3-2-4-8-16)11-12-21(19)27-22(15)18-9-5-6-10-20(18)23(24,25)26/h2-13,27H,14H2,1H3. The number of aromatic nitrogens is 1. The van der Waals surface area contributed by atoms with Crippen LogP contribution in [0.15, 0.2) is 72.8 Å². The molecule has 0 radical (unpaired) electrons. The predicted molar refractivity (Wildman–Crippen MR) is 104 cm³/mol. The number of hydrogen-bond acceptors (Lipinski definition) is 1. The second-order valence-electron chi connectivity index (χ2n) is 6.65. The molecule has 1 heterocycles. The number of nitrogens with one attached hydrogen (secondary N) is 1. The summed E-state index contributed by atoms with van der Waals surface area (Å²) in [7, 11) is 0. The zero-order valence-electron chi connectivity index (χ0n) is 15.2. The molecule has 0 aliphatic rings. The number of ether oxygens (including phenoxy) is 1. The number of H-pyrrole nitrogens is 1. The van der Waals surface area contributed by atoms with Gasteiger partial charge in [-0.2, -0.15) is 13.2 Å². The second kappa shape index (κ2) is 7.08. The Labute approximate surface area is 160 Å². The van der Waals surface area contributed by atoms with Crippen molar-refractivity contribution in [1.29, 1.82) is 0 Å². The summed E-state index contributed by atoms with van der Waals surface area (Å²) in [5.74, 6) is 0.675. The monoisotopic (exact) mass is 381 g/mol. The third-order valence-corrected chi connectivity index (χ3v) is 4.78. The number of fused-ring (bicyclic) bond motifs is 1. The minimum Gasteiger partial charge on any atom is -0.489 e. The number of rotatable bonds is 4. The molecule has 1 N–H and O–H groups in total. The molecule has 0 aliphatic carbocycles. The fourth-order valence-corrected chi connectivity index (χ4v) is 3.35. The molecule has 4 aromatic rings. The van der Waals surface area contributed by atoms with E-state index in [0.717, 1.165) is 28.1 Å². The summed E-state index contributed by atoms with van der Waals surface area (Å²) in [6.45, 7) is 2.25. The summed E-state index contributed by atoms with van der Waals surface area (Å²) in [6, 6.07) is 20.9. The lowest BCUT2D eigenvalue weighted by Crippen LogP contribution is -2.07. The number of aromatic amines is 1. The number of aryl methyl sites for hydroxylation is 1. The van der Waals surface area contributed by atoms with Crippen molar-refractivity contribution in [3.05, 3.63) is 89.5 Å². The van der Waals surface area contributed by atoms with Gasteiger partial charge in [-0.1, -0.05) is 48.5 Å². The molecule has 142 valence electrons. The minimum atomic E-state index is -4.41. The van der Waals surface area contributed by atoms with E-state index in [2.05, 4.69) is 4.98 Å². The van der Waals surface area contributed by atoms with E-state index in [4.69, 9.17) is 4.74 Å². The van der Waals surface area contributed by atoms with Crippen LogP contribution in [0, 0.1) is 6.92 Å². The van der Waals surface area contributed by atoms with Gasteiger partial charge >= 0.3 is 6.18 Å². The Kier molecular flexibility index (Phi) is 4.59. The molecule has 2 nitrogen and oxygen atoms in total. The van der Waals surface area contributed by atoms with Gasteiger partial charge in [0.05, 0.1) is 11.3 Å². The molecule has 0 atom stereocenters. The van der Waals surface area contributed by atoms with Crippen molar-refractivity contribution in [2.24, 2.45) is 0 Å². The Morgan fingerprint density at radius 2 is 1.61 bits per heavy atom. The maximum absolute atomic E-state index is 13.4.